The molecule has 0 bridgehead atoms. The second kappa shape index (κ2) is 11.8. The first kappa shape index (κ1) is 21.3. The van der Waals surface area contributed by atoms with Crippen LogP contribution in [0.2, 0.25) is 6.04 Å². The summed E-state index contributed by atoms with van der Waals surface area (Å²) in [7, 11) is -2.83. The van der Waals surface area contributed by atoms with Gasteiger partial charge in [0.25, 0.3) is 0 Å². The first-order valence-electron chi connectivity index (χ1n) is 7.83. The van der Waals surface area contributed by atoms with Crippen LogP contribution in [-0.4, -0.2) is 52.4 Å². The summed E-state index contributed by atoms with van der Waals surface area (Å²) in [5.74, 6) is -0.406. The highest BCUT2D eigenvalue weighted by Gasteiger charge is 2.42. The summed E-state index contributed by atoms with van der Waals surface area (Å²) in [6.07, 6.45) is 0.445. The molecule has 22 heavy (non-hydrogen) atoms. The van der Waals surface area contributed by atoms with Gasteiger partial charge in [-0.1, -0.05) is 6.58 Å². The van der Waals surface area contributed by atoms with Crippen molar-refractivity contribution in [2.45, 2.75) is 52.7 Å². The first-order valence-corrected chi connectivity index (χ1v) is 9.76. The second-order valence-electron chi connectivity index (χ2n) is 4.90. The zero-order chi connectivity index (χ0) is 17.0. The molecule has 1 unspecified atom stereocenters. The predicted molar refractivity (Wildman–Crippen MR) is 86.5 cm³/mol. The Balaban J connectivity index is 4.29. The maximum atomic E-state index is 11.2. The fourth-order valence-corrected chi connectivity index (χ4v) is 4.66. The lowest BCUT2D eigenvalue weighted by atomic mass is 10.2. The van der Waals surface area contributed by atoms with Crippen molar-refractivity contribution in [3.63, 3.8) is 0 Å². The van der Waals surface area contributed by atoms with E-state index in [9.17, 15) is 9.90 Å². The summed E-state index contributed by atoms with van der Waals surface area (Å²) in [5, 5.41) is 10.2. The Hall–Kier alpha value is -0.733. The van der Waals surface area contributed by atoms with Crippen molar-refractivity contribution >= 4 is 14.8 Å². The molecule has 0 fully saturated rings. The Labute approximate surface area is 134 Å². The third-order valence-electron chi connectivity index (χ3n) is 2.84. The Bertz CT molecular complexity index is 317. The van der Waals surface area contributed by atoms with E-state index in [1.54, 1.807) is 6.92 Å². The van der Waals surface area contributed by atoms with Gasteiger partial charge in [-0.25, -0.2) is 4.79 Å². The van der Waals surface area contributed by atoms with Crippen molar-refractivity contribution in [3.05, 3.63) is 12.2 Å². The lowest BCUT2D eigenvalue weighted by Gasteiger charge is -2.30. The number of aliphatic hydroxyl groups excluding tert-OH is 1. The van der Waals surface area contributed by atoms with E-state index in [1.165, 1.54) is 0 Å². The van der Waals surface area contributed by atoms with Crippen LogP contribution < -0.4 is 0 Å². The zero-order valence-corrected chi connectivity index (χ0v) is 15.2. The SMILES string of the molecule is C=C(C)C(=O)OCCCC(O)C[Si](OCC)(OCC)OCC. The molecule has 0 aliphatic rings. The highest BCUT2D eigenvalue weighted by atomic mass is 28.4. The molecule has 0 aliphatic heterocycles. The van der Waals surface area contributed by atoms with Gasteiger partial charge in [0.15, 0.2) is 0 Å². The molecule has 130 valence electrons. The van der Waals surface area contributed by atoms with E-state index in [0.29, 0.717) is 44.3 Å². The van der Waals surface area contributed by atoms with E-state index < -0.39 is 20.9 Å². The van der Waals surface area contributed by atoms with Crippen LogP contribution in [0.25, 0.3) is 0 Å². The standard InChI is InChI=1S/C15H30O6Si/c1-6-19-22(20-7-2,21-8-3)12-14(16)10-9-11-18-15(17)13(4)5/h14,16H,4,6-12H2,1-3,5H3. The van der Waals surface area contributed by atoms with E-state index in [4.69, 9.17) is 18.0 Å². The van der Waals surface area contributed by atoms with Gasteiger partial charge in [0.2, 0.25) is 0 Å². The van der Waals surface area contributed by atoms with E-state index >= 15 is 0 Å². The molecule has 0 spiro atoms. The van der Waals surface area contributed by atoms with Crippen LogP contribution in [-0.2, 0) is 22.8 Å². The van der Waals surface area contributed by atoms with Crippen LogP contribution in [0.3, 0.4) is 0 Å². The van der Waals surface area contributed by atoms with Crippen molar-refractivity contribution in [3.8, 4) is 0 Å². The third kappa shape index (κ3) is 8.65. The summed E-state index contributed by atoms with van der Waals surface area (Å²) >= 11 is 0. The molecule has 1 atom stereocenters. The van der Waals surface area contributed by atoms with Crippen LogP contribution in [0.15, 0.2) is 12.2 Å². The van der Waals surface area contributed by atoms with E-state index in [0.717, 1.165) is 0 Å². The number of carbonyl (C=O) groups excluding carboxylic acids is 1. The number of carbonyl (C=O) groups is 1. The number of esters is 1. The quantitative estimate of drug-likeness (QED) is 0.241. The zero-order valence-electron chi connectivity index (χ0n) is 14.2. The number of aliphatic hydroxyl groups is 1. The smallest absolute Gasteiger partial charge is 0.462 e. The molecule has 0 aliphatic carbocycles. The molecule has 0 heterocycles. The normalized spacial score (nSPS) is 13.0. The molecule has 1 N–H and O–H groups in total. The molecule has 7 heteroatoms. The average Bonchev–Trinajstić information content (AvgIpc) is 2.44. The van der Waals surface area contributed by atoms with E-state index in [2.05, 4.69) is 6.58 Å². The molecule has 6 nitrogen and oxygen atoms in total. The van der Waals surface area contributed by atoms with Crippen LogP contribution in [0.5, 0.6) is 0 Å². The van der Waals surface area contributed by atoms with Crippen molar-refractivity contribution in [2.24, 2.45) is 0 Å². The minimum Gasteiger partial charge on any atom is -0.462 e. The number of hydrogen-bond donors (Lipinski definition) is 1. The van der Waals surface area contributed by atoms with Gasteiger partial charge in [0.1, 0.15) is 0 Å². The van der Waals surface area contributed by atoms with Gasteiger partial charge in [-0.15, -0.1) is 0 Å². The van der Waals surface area contributed by atoms with Crippen molar-refractivity contribution < 1.29 is 27.9 Å². The molecule has 0 amide bonds. The first-order chi connectivity index (χ1) is 10.4. The molecule has 0 saturated carbocycles. The Morgan fingerprint density at radius 1 is 1.14 bits per heavy atom. The molecule has 0 aromatic rings. The van der Waals surface area contributed by atoms with E-state index in [1.807, 2.05) is 20.8 Å². The van der Waals surface area contributed by atoms with Crippen LogP contribution >= 0.6 is 0 Å². The highest BCUT2D eigenvalue weighted by Crippen LogP contribution is 2.20. The molecular weight excluding hydrogens is 304 g/mol. The fourth-order valence-electron chi connectivity index (χ4n) is 1.96. The summed E-state index contributed by atoms with van der Waals surface area (Å²) in [6.45, 7) is 12.4. The molecule has 0 aromatic carbocycles. The molecule has 0 rings (SSSR count). The lowest BCUT2D eigenvalue weighted by Crippen LogP contribution is -2.48. The highest BCUT2D eigenvalue weighted by molar-refractivity contribution is 6.60. The van der Waals surface area contributed by atoms with Crippen molar-refractivity contribution in [2.75, 3.05) is 26.4 Å². The Kier molecular flexibility index (Phi) is 11.4. The van der Waals surface area contributed by atoms with Gasteiger partial charge in [-0.05, 0) is 40.5 Å². The second-order valence-corrected chi connectivity index (χ2v) is 7.54. The number of ether oxygens (including phenoxy) is 1. The monoisotopic (exact) mass is 334 g/mol. The maximum absolute atomic E-state index is 11.2. The molecule has 0 saturated heterocycles. The van der Waals surface area contributed by atoms with Gasteiger partial charge < -0.3 is 23.1 Å². The summed E-state index contributed by atoms with van der Waals surface area (Å²) in [5.41, 5.74) is 0.371. The van der Waals surface area contributed by atoms with Gasteiger partial charge in [-0.3, -0.25) is 0 Å². The molecule has 0 radical (unpaired) electrons. The summed E-state index contributed by atoms with van der Waals surface area (Å²) in [4.78, 5) is 11.2. The third-order valence-corrected chi connectivity index (χ3v) is 6.00. The van der Waals surface area contributed by atoms with Gasteiger partial charge in [0, 0.05) is 31.4 Å². The average molecular weight is 334 g/mol. The van der Waals surface area contributed by atoms with Crippen molar-refractivity contribution in [1.29, 1.82) is 0 Å². The van der Waals surface area contributed by atoms with Crippen LogP contribution in [0, 0.1) is 0 Å². The molecule has 0 aromatic heterocycles. The Morgan fingerprint density at radius 3 is 2.05 bits per heavy atom. The van der Waals surface area contributed by atoms with Crippen LogP contribution in [0.1, 0.15) is 40.5 Å². The minimum absolute atomic E-state index is 0.259. The van der Waals surface area contributed by atoms with Gasteiger partial charge in [-0.2, -0.15) is 0 Å². The van der Waals surface area contributed by atoms with Gasteiger partial charge in [0.05, 0.1) is 12.7 Å². The predicted octanol–water partition coefficient (Wildman–Crippen LogP) is 2.30. The van der Waals surface area contributed by atoms with Gasteiger partial charge >= 0.3 is 14.8 Å². The largest absolute Gasteiger partial charge is 0.503 e. The van der Waals surface area contributed by atoms with Crippen molar-refractivity contribution in [1.82, 2.24) is 0 Å². The Morgan fingerprint density at radius 2 is 1.64 bits per heavy atom. The van der Waals surface area contributed by atoms with Crippen LogP contribution in [0.4, 0.5) is 0 Å². The van der Waals surface area contributed by atoms with E-state index in [-0.39, 0.29) is 6.61 Å². The fraction of sp³-hybridized carbons (Fsp3) is 0.800. The maximum Gasteiger partial charge on any atom is 0.503 e. The summed E-state index contributed by atoms with van der Waals surface area (Å²) < 4.78 is 22.1. The number of rotatable bonds is 13. The molecular formula is C15H30O6Si. The minimum atomic E-state index is -2.83. The number of hydrogen-bond acceptors (Lipinski definition) is 6. The topological polar surface area (TPSA) is 74.2 Å². The summed E-state index contributed by atoms with van der Waals surface area (Å²) in [6, 6.07) is 0.344. The lowest BCUT2D eigenvalue weighted by molar-refractivity contribution is -0.139.